The van der Waals surface area contributed by atoms with E-state index in [1.54, 1.807) is 0 Å². The van der Waals surface area contributed by atoms with E-state index in [0.29, 0.717) is 31.6 Å². The van der Waals surface area contributed by atoms with Gasteiger partial charge in [0.15, 0.2) is 0 Å². The average molecular weight is 346 g/mol. The second kappa shape index (κ2) is 8.68. The number of nitrogens with zero attached hydrogens (tertiary/aromatic N) is 1. The van der Waals surface area contributed by atoms with Crippen molar-refractivity contribution >= 4 is 11.6 Å². The van der Waals surface area contributed by atoms with Crippen molar-refractivity contribution in [2.24, 2.45) is 11.8 Å². The summed E-state index contributed by atoms with van der Waals surface area (Å²) in [5.74, 6) is 1.08. The van der Waals surface area contributed by atoms with E-state index in [9.17, 15) is 9.90 Å². The number of ether oxygens (including phenoxy) is 1. The van der Waals surface area contributed by atoms with Crippen LogP contribution in [-0.2, 0) is 16.1 Å². The fraction of sp³-hybridized carbons (Fsp3) is 0.650. The lowest BCUT2D eigenvalue weighted by molar-refractivity contribution is -0.132. The van der Waals surface area contributed by atoms with Gasteiger partial charge < -0.3 is 20.1 Å². The lowest BCUT2D eigenvalue weighted by atomic mass is 9.97. The molecular formula is C20H30N2O3. The minimum absolute atomic E-state index is 0.0456. The van der Waals surface area contributed by atoms with Crippen LogP contribution in [0.25, 0.3) is 0 Å². The van der Waals surface area contributed by atoms with E-state index in [2.05, 4.69) is 34.5 Å². The van der Waals surface area contributed by atoms with Gasteiger partial charge in [0.05, 0.1) is 6.61 Å². The minimum Gasteiger partial charge on any atom is -0.396 e. The van der Waals surface area contributed by atoms with Crippen LogP contribution >= 0.6 is 0 Å². The Bertz CT molecular complexity index is 549. The molecule has 1 unspecified atom stereocenters. The number of hydrogen-bond donors (Lipinski definition) is 2. The largest absolute Gasteiger partial charge is 0.396 e. The van der Waals surface area contributed by atoms with E-state index in [-0.39, 0.29) is 12.0 Å². The van der Waals surface area contributed by atoms with Crippen LogP contribution in [0.1, 0.15) is 38.2 Å². The van der Waals surface area contributed by atoms with Gasteiger partial charge >= 0.3 is 0 Å². The van der Waals surface area contributed by atoms with Crippen molar-refractivity contribution in [1.82, 2.24) is 5.32 Å². The van der Waals surface area contributed by atoms with E-state index in [4.69, 9.17) is 4.74 Å². The van der Waals surface area contributed by atoms with Gasteiger partial charge in [0.2, 0.25) is 5.91 Å². The quantitative estimate of drug-likeness (QED) is 0.758. The molecule has 25 heavy (non-hydrogen) atoms. The van der Waals surface area contributed by atoms with E-state index in [1.165, 1.54) is 18.5 Å². The number of rotatable bonds is 8. The van der Waals surface area contributed by atoms with Gasteiger partial charge in [-0.15, -0.1) is 0 Å². The number of piperidine rings is 1. The Balaban J connectivity index is 1.42. The maximum atomic E-state index is 12.1. The van der Waals surface area contributed by atoms with E-state index in [1.807, 2.05) is 6.92 Å². The van der Waals surface area contributed by atoms with Gasteiger partial charge in [-0.25, -0.2) is 0 Å². The molecule has 0 radical (unpaired) electrons. The summed E-state index contributed by atoms with van der Waals surface area (Å²) in [6.45, 7) is 5.35. The van der Waals surface area contributed by atoms with Crippen molar-refractivity contribution in [3.05, 3.63) is 29.8 Å². The Morgan fingerprint density at radius 3 is 2.48 bits per heavy atom. The third-order valence-electron chi connectivity index (χ3n) is 5.29. The van der Waals surface area contributed by atoms with Gasteiger partial charge in [0.1, 0.15) is 6.10 Å². The molecule has 3 rings (SSSR count). The van der Waals surface area contributed by atoms with Crippen LogP contribution in [0.15, 0.2) is 24.3 Å². The number of carbonyl (C=O) groups is 1. The monoisotopic (exact) mass is 346 g/mol. The fourth-order valence-corrected chi connectivity index (χ4v) is 3.17. The molecule has 1 heterocycles. The van der Waals surface area contributed by atoms with Gasteiger partial charge in [-0.3, -0.25) is 4.79 Å². The molecule has 5 heteroatoms. The molecule has 138 valence electrons. The summed E-state index contributed by atoms with van der Waals surface area (Å²) >= 11 is 0. The second-order valence-electron chi connectivity index (χ2n) is 7.42. The molecule has 2 aliphatic rings. The molecule has 1 aromatic carbocycles. The van der Waals surface area contributed by atoms with Gasteiger partial charge in [0.25, 0.3) is 0 Å². The highest BCUT2D eigenvalue weighted by molar-refractivity contribution is 5.80. The van der Waals surface area contributed by atoms with Crippen molar-refractivity contribution in [2.45, 2.75) is 45.3 Å². The normalized spacial score (nSPS) is 19.7. The minimum atomic E-state index is -0.382. The molecule has 0 aromatic heterocycles. The highest BCUT2D eigenvalue weighted by Gasteiger charge is 2.24. The highest BCUT2D eigenvalue weighted by atomic mass is 16.5. The number of amides is 1. The molecule has 2 fully saturated rings. The van der Waals surface area contributed by atoms with Crippen LogP contribution in [-0.4, -0.2) is 43.4 Å². The third kappa shape index (κ3) is 5.44. The Hall–Kier alpha value is -1.59. The molecule has 1 saturated carbocycles. The summed E-state index contributed by atoms with van der Waals surface area (Å²) in [5, 5.41) is 12.2. The third-order valence-corrected chi connectivity index (χ3v) is 5.29. The Morgan fingerprint density at radius 2 is 1.88 bits per heavy atom. The molecule has 2 N–H and O–H groups in total. The molecule has 0 bridgehead atoms. The van der Waals surface area contributed by atoms with E-state index < -0.39 is 0 Å². The van der Waals surface area contributed by atoms with Crippen molar-refractivity contribution < 1.29 is 14.6 Å². The fourth-order valence-electron chi connectivity index (χ4n) is 3.17. The van der Waals surface area contributed by atoms with Crippen LogP contribution in [0.3, 0.4) is 0 Å². The molecule has 1 aliphatic heterocycles. The summed E-state index contributed by atoms with van der Waals surface area (Å²) in [4.78, 5) is 14.4. The van der Waals surface area contributed by atoms with Gasteiger partial charge in [-0.1, -0.05) is 12.1 Å². The zero-order chi connectivity index (χ0) is 17.6. The van der Waals surface area contributed by atoms with Gasteiger partial charge in [-0.05, 0) is 62.1 Å². The van der Waals surface area contributed by atoms with Crippen LogP contribution in [0, 0.1) is 11.8 Å². The van der Waals surface area contributed by atoms with E-state index in [0.717, 1.165) is 31.5 Å². The van der Waals surface area contributed by atoms with E-state index >= 15 is 0 Å². The van der Waals surface area contributed by atoms with Crippen molar-refractivity contribution in [3.63, 3.8) is 0 Å². The molecule has 1 aliphatic carbocycles. The standard InChI is InChI=1S/C20H30N2O3/c1-15(25-14-18-2-3-18)20(24)21-12-16-4-6-19(7-5-16)22-10-8-17(13-23)9-11-22/h4-7,15,17-18,23H,2-3,8-14H2,1H3,(H,21,24). The SMILES string of the molecule is CC(OCC1CC1)C(=O)NCc1ccc(N2CCC(CO)CC2)cc1. The van der Waals surface area contributed by atoms with Crippen LogP contribution in [0.4, 0.5) is 5.69 Å². The zero-order valence-electron chi connectivity index (χ0n) is 15.1. The van der Waals surface area contributed by atoms with Gasteiger partial charge in [-0.2, -0.15) is 0 Å². The average Bonchev–Trinajstić information content (AvgIpc) is 3.49. The lowest BCUT2D eigenvalue weighted by Gasteiger charge is -2.33. The zero-order valence-corrected chi connectivity index (χ0v) is 15.1. The first-order valence-electron chi connectivity index (χ1n) is 9.49. The van der Waals surface area contributed by atoms with Crippen LogP contribution < -0.4 is 10.2 Å². The molecule has 1 amide bonds. The Kier molecular flexibility index (Phi) is 6.32. The summed E-state index contributed by atoms with van der Waals surface area (Å²) < 4.78 is 5.60. The number of aliphatic hydroxyl groups excluding tert-OH is 1. The summed E-state index contributed by atoms with van der Waals surface area (Å²) in [6, 6.07) is 8.38. The van der Waals surface area contributed by atoms with Crippen molar-refractivity contribution in [1.29, 1.82) is 0 Å². The number of hydrogen-bond acceptors (Lipinski definition) is 4. The maximum Gasteiger partial charge on any atom is 0.249 e. The molecule has 1 atom stereocenters. The Labute approximate surface area is 150 Å². The molecule has 5 nitrogen and oxygen atoms in total. The van der Waals surface area contributed by atoms with Crippen LogP contribution in [0.2, 0.25) is 0 Å². The number of anilines is 1. The number of aliphatic hydroxyl groups is 1. The molecule has 0 spiro atoms. The smallest absolute Gasteiger partial charge is 0.249 e. The van der Waals surface area contributed by atoms with Crippen molar-refractivity contribution in [2.75, 3.05) is 31.2 Å². The first-order valence-corrected chi connectivity index (χ1v) is 9.49. The number of benzene rings is 1. The van der Waals surface area contributed by atoms with Crippen molar-refractivity contribution in [3.8, 4) is 0 Å². The summed E-state index contributed by atoms with van der Waals surface area (Å²) in [5.41, 5.74) is 2.31. The summed E-state index contributed by atoms with van der Waals surface area (Å²) in [7, 11) is 0. The maximum absolute atomic E-state index is 12.1. The lowest BCUT2D eigenvalue weighted by Crippen LogP contribution is -2.35. The predicted molar refractivity (Wildman–Crippen MR) is 98.4 cm³/mol. The van der Waals surface area contributed by atoms with Crippen LogP contribution in [0.5, 0.6) is 0 Å². The topological polar surface area (TPSA) is 61.8 Å². The number of nitrogens with one attached hydrogen (secondary N) is 1. The van der Waals surface area contributed by atoms with Gasteiger partial charge in [0, 0.05) is 31.9 Å². The Morgan fingerprint density at radius 1 is 1.20 bits per heavy atom. The first kappa shape index (κ1) is 18.2. The molecule has 1 aromatic rings. The second-order valence-corrected chi connectivity index (χ2v) is 7.42. The number of carbonyl (C=O) groups excluding carboxylic acids is 1. The molecular weight excluding hydrogens is 316 g/mol. The molecule has 1 saturated heterocycles. The predicted octanol–water partition coefficient (Wildman–Crippen LogP) is 2.33. The highest BCUT2D eigenvalue weighted by Crippen LogP contribution is 2.29. The summed E-state index contributed by atoms with van der Waals surface area (Å²) in [6.07, 6.45) is 4.18. The first-order chi connectivity index (χ1) is 12.2.